The van der Waals surface area contributed by atoms with Gasteiger partial charge in [-0.1, -0.05) is 413 Å². The van der Waals surface area contributed by atoms with E-state index in [0.29, 0.717) is 52.9 Å². The molecule has 0 spiro atoms. The van der Waals surface area contributed by atoms with E-state index in [4.69, 9.17) is 18.9 Å². The zero-order valence-corrected chi connectivity index (χ0v) is 79.4. The molecule has 656 valence electrons. The third-order valence-electron chi connectivity index (χ3n) is 27.8. The summed E-state index contributed by atoms with van der Waals surface area (Å²) in [5.74, 6) is 0. The third kappa shape index (κ3) is 27.2. The topological polar surface area (TPSA) is 36.9 Å². The van der Waals surface area contributed by atoms with E-state index in [1.807, 2.05) is 0 Å². The maximum atomic E-state index is 7.87. The lowest BCUT2D eigenvalue weighted by molar-refractivity contribution is -0.100. The molecule has 0 N–H and O–H groups in total. The van der Waals surface area contributed by atoms with Gasteiger partial charge in [-0.2, -0.15) is 0 Å². The van der Waals surface area contributed by atoms with Crippen molar-refractivity contribution >= 4 is 72.1 Å². The summed E-state index contributed by atoms with van der Waals surface area (Å²) in [4.78, 5) is 0. The Balaban J connectivity index is 0.792. The molecule has 0 bridgehead atoms. The van der Waals surface area contributed by atoms with Crippen LogP contribution in [-0.4, -0.2) is 127 Å². The Morgan fingerprint density at radius 2 is 0.310 bits per heavy atom. The van der Waals surface area contributed by atoms with Gasteiger partial charge in [0.25, 0.3) is 0 Å². The zero-order chi connectivity index (χ0) is 87.6. The van der Waals surface area contributed by atoms with Gasteiger partial charge in [-0.05, 0) is 110 Å². The second-order valence-electron chi connectivity index (χ2n) is 36.8. The van der Waals surface area contributed by atoms with Crippen molar-refractivity contribution in [3.05, 3.63) is 479 Å². The summed E-state index contributed by atoms with van der Waals surface area (Å²) in [7, 11) is -7.54. The minimum Gasteiger partial charge on any atom is -0.377 e. The molecule has 0 aliphatic heterocycles. The van der Waals surface area contributed by atoms with Crippen molar-refractivity contribution in [2.24, 2.45) is 5.41 Å². The van der Waals surface area contributed by atoms with Crippen LogP contribution in [0.1, 0.15) is 66.8 Å². The van der Waals surface area contributed by atoms with E-state index in [9.17, 15) is 0 Å². The third-order valence-corrected chi connectivity index (χ3v) is 45.7. The summed E-state index contributed by atoms with van der Waals surface area (Å²) >= 11 is 0. The first-order chi connectivity index (χ1) is 63.7. The lowest BCUT2D eigenvalue weighted by Crippen LogP contribution is -2.43. The minimum absolute atomic E-state index is 0.438. The van der Waals surface area contributed by atoms with Crippen molar-refractivity contribution in [1.29, 1.82) is 0 Å². The molecule has 16 rings (SSSR count). The molecular weight excluding hydrogens is 1640 g/mol. The molecule has 0 radical (unpaired) electrons. The molecule has 0 fully saturated rings. The van der Waals surface area contributed by atoms with Crippen molar-refractivity contribution in [3.63, 3.8) is 0 Å². The van der Waals surface area contributed by atoms with Gasteiger partial charge in [-0.15, -0.1) is 0 Å². The molecule has 0 aliphatic carbocycles. The van der Waals surface area contributed by atoms with Gasteiger partial charge < -0.3 is 18.9 Å². The molecule has 0 aromatic heterocycles. The van der Waals surface area contributed by atoms with Gasteiger partial charge in [0.05, 0.1) is 157 Å². The Labute approximate surface area is 773 Å². The Bertz CT molecular complexity index is 5070. The van der Waals surface area contributed by atoms with Crippen LogP contribution < -0.4 is 0 Å². The number of hydrogen-bond donors (Lipinski definition) is 0. The monoisotopic (exact) mass is 1770 g/mol. The van der Waals surface area contributed by atoms with Crippen molar-refractivity contribution in [2.75, 3.05) is 127 Å². The fraction of sp³-hybridized carbons (Fsp3) is 0.273. The molecule has 0 aliphatic rings. The Morgan fingerprint density at radius 1 is 0.155 bits per heavy atom. The van der Waals surface area contributed by atoms with Gasteiger partial charge in [0.15, 0.2) is 0 Å². The second kappa shape index (κ2) is 47.8. The summed E-state index contributed by atoms with van der Waals surface area (Å²) in [6.07, 6.45) is 25.4. The SMILES string of the molecule is c1ccc(CC[P+](CCOCC(COCC[P+](CCc2ccccc2)(CCc2ccccc2)Cc2cccc3ccccc23)(COCC[P+](CCc2ccccc2)(CCc2ccccc2)Cc2cccc3ccccc23)COCC[P+](CCc2ccccc2)(CCc2ccccc2)Cc2cccc3ccccc23)(CCc2ccccc2)Cc2cccc3ccccc23)cc1. The van der Waals surface area contributed by atoms with E-state index in [-0.39, 0.29) is 0 Å². The normalized spacial score (nSPS) is 12.2. The molecule has 0 unspecified atom stereocenters. The van der Waals surface area contributed by atoms with Crippen LogP contribution in [0.25, 0.3) is 43.1 Å². The molecule has 16 aromatic carbocycles. The Morgan fingerprint density at radius 3 is 0.488 bits per heavy atom. The summed E-state index contributed by atoms with van der Waals surface area (Å²) in [5, 5.41) is 10.7. The predicted molar refractivity (Wildman–Crippen MR) is 564 cm³/mol. The van der Waals surface area contributed by atoms with E-state index in [1.165, 1.54) is 110 Å². The lowest BCUT2D eigenvalue weighted by atomic mass is 9.92. The van der Waals surface area contributed by atoms with Gasteiger partial charge in [-0.3, -0.25) is 0 Å². The van der Waals surface area contributed by atoms with E-state index in [2.05, 4.69) is 413 Å². The highest BCUT2D eigenvalue weighted by molar-refractivity contribution is 7.76. The fourth-order valence-corrected chi connectivity index (χ4v) is 36.5. The van der Waals surface area contributed by atoms with Crippen molar-refractivity contribution in [1.82, 2.24) is 0 Å². The summed E-state index contributed by atoms with van der Waals surface area (Å²) in [6.45, 7) is 4.25. The van der Waals surface area contributed by atoms with Crippen LogP contribution in [-0.2, 0) is 95.0 Å². The first kappa shape index (κ1) is 92.4. The molecule has 0 saturated heterocycles. The van der Waals surface area contributed by atoms with E-state index in [1.54, 1.807) is 0 Å². The molecule has 0 saturated carbocycles. The molecule has 4 nitrogen and oxygen atoms in total. The second-order valence-corrected chi connectivity index (χ2v) is 54.2. The number of rotatable bonds is 52. The molecular formula is C121H132O4P4+4. The molecule has 129 heavy (non-hydrogen) atoms. The lowest BCUT2D eigenvalue weighted by Gasteiger charge is -2.35. The predicted octanol–water partition coefficient (Wildman–Crippen LogP) is 29.5. The molecule has 0 atom stereocenters. The number of aryl methyl sites for hydroxylation is 8. The molecule has 16 aromatic rings. The number of fused-ring (bicyclic) bond motifs is 4. The highest BCUT2D eigenvalue weighted by Gasteiger charge is 2.44. The number of benzene rings is 16. The van der Waals surface area contributed by atoms with E-state index in [0.717, 1.165) is 150 Å². The van der Waals surface area contributed by atoms with Crippen LogP contribution in [0.3, 0.4) is 0 Å². The van der Waals surface area contributed by atoms with Crippen LogP contribution in [0.2, 0.25) is 0 Å². The van der Waals surface area contributed by atoms with Gasteiger partial charge >= 0.3 is 0 Å². The van der Waals surface area contributed by atoms with Crippen molar-refractivity contribution in [3.8, 4) is 0 Å². The molecule has 8 heteroatoms. The zero-order valence-electron chi connectivity index (χ0n) is 75.8. The number of ether oxygens (including phenoxy) is 4. The highest BCUT2D eigenvalue weighted by atomic mass is 31.2. The summed E-state index contributed by atoms with van der Waals surface area (Å²) in [5.41, 5.74) is 16.4. The van der Waals surface area contributed by atoms with Gasteiger partial charge in [0.1, 0.15) is 0 Å². The van der Waals surface area contributed by atoms with E-state index >= 15 is 0 Å². The highest BCUT2D eigenvalue weighted by Crippen LogP contribution is 2.66. The maximum absolute atomic E-state index is 7.87. The van der Waals surface area contributed by atoms with Crippen LogP contribution in [0.5, 0.6) is 0 Å². The maximum Gasteiger partial charge on any atom is 0.0849 e. The standard InChI is InChI=1S/C121H132O4P4/c1-9-37-101(38-10-1)69-81-126(82-70-102-39-11-2-12-40-102,93-113-61-33-57-109-53-25-29-65-117(109)113)89-77-122-97-121(98-123-78-90-127(83-71-103-41-13-3-14-42-103,84-72-104-43-15-4-16-44-104)94-114-62-34-58-110-54-26-30-66-118(110)114,99-124-79-91-128(85-73-105-45-17-5-18-46-105,86-74-106-47-19-6-20-48-106)95-115-63-35-59-111-55-27-31-67-119(111)115)100-125-80-92-129(87-75-107-49-21-7-22-50-107,88-76-108-51-23-8-24-52-108)96-116-64-36-60-112-56-28-32-68-120(112)116/h1-68H,69-100H2/q+4. The minimum atomic E-state index is -1.89. The Kier molecular flexibility index (Phi) is 34.2. The Hall–Kier alpha value is -9.88. The van der Waals surface area contributed by atoms with E-state index < -0.39 is 34.5 Å². The van der Waals surface area contributed by atoms with Gasteiger partial charge in [0, 0.05) is 80.4 Å². The fourth-order valence-electron chi connectivity index (χ4n) is 20.0. The first-order valence-electron chi connectivity index (χ1n) is 47.6. The largest absolute Gasteiger partial charge is 0.377 e. The van der Waals surface area contributed by atoms with Crippen molar-refractivity contribution in [2.45, 2.75) is 76.0 Å². The average Bonchev–Trinajstić information content (AvgIpc) is 0.811. The average molecular weight is 1770 g/mol. The van der Waals surface area contributed by atoms with Crippen LogP contribution in [0.15, 0.2) is 413 Å². The first-order valence-corrected chi connectivity index (χ1v) is 57.7. The van der Waals surface area contributed by atoms with Gasteiger partial charge in [0.2, 0.25) is 0 Å². The van der Waals surface area contributed by atoms with Crippen LogP contribution in [0, 0.1) is 5.41 Å². The quantitative estimate of drug-likeness (QED) is 0.0281. The van der Waals surface area contributed by atoms with Gasteiger partial charge in [-0.25, -0.2) is 0 Å². The molecule has 0 amide bonds. The molecule has 0 heterocycles. The summed E-state index contributed by atoms with van der Waals surface area (Å²) < 4.78 is 31.5. The van der Waals surface area contributed by atoms with Crippen LogP contribution in [0.4, 0.5) is 0 Å². The van der Waals surface area contributed by atoms with Crippen molar-refractivity contribution < 1.29 is 18.9 Å². The summed E-state index contributed by atoms with van der Waals surface area (Å²) in [6, 6.07) is 155. The smallest absolute Gasteiger partial charge is 0.0849 e. The van der Waals surface area contributed by atoms with Crippen LogP contribution >= 0.6 is 29.0 Å². The number of hydrogen-bond acceptors (Lipinski definition) is 4.